The van der Waals surface area contributed by atoms with Crippen LogP contribution in [0.4, 0.5) is 0 Å². The summed E-state index contributed by atoms with van der Waals surface area (Å²) in [6.45, 7) is 4.23. The van der Waals surface area contributed by atoms with Crippen LogP contribution in [-0.2, 0) is 0 Å². The Balaban J connectivity index is 2.28. The van der Waals surface area contributed by atoms with E-state index in [-0.39, 0.29) is 0 Å². The number of hydrogen-bond donors (Lipinski definition) is 0. The summed E-state index contributed by atoms with van der Waals surface area (Å²) in [6, 6.07) is 23.4. The van der Waals surface area contributed by atoms with E-state index in [1.165, 1.54) is 27.7 Å². The van der Waals surface area contributed by atoms with Crippen molar-refractivity contribution >= 4 is 13.0 Å². The molecule has 0 radical (unpaired) electrons. The maximum atomic E-state index is 2.20. The minimum atomic E-state index is 1.25. The van der Waals surface area contributed by atoms with Crippen LogP contribution < -0.4 is 0 Å². The molecule has 0 amide bonds. The third-order valence-electron chi connectivity index (χ3n) is 3.59. The Morgan fingerprint density at radius 2 is 1.38 bits per heavy atom. The van der Waals surface area contributed by atoms with Crippen molar-refractivity contribution in [2.45, 2.75) is 6.92 Å². The Bertz CT molecular complexity index is 743. The van der Waals surface area contributed by atoms with Gasteiger partial charge in [-0.05, 0) is 0 Å². The van der Waals surface area contributed by atoms with Crippen molar-refractivity contribution < 1.29 is 0 Å². The van der Waals surface area contributed by atoms with E-state index < -0.39 is 0 Å². The fraction of sp³-hybridized carbons (Fsp3) is 0.0500. The monoisotopic (exact) mass is 268 g/mol. The van der Waals surface area contributed by atoms with Crippen LogP contribution in [0.3, 0.4) is 0 Å². The first-order valence-electron chi connectivity index (χ1n) is 7.26. The Morgan fingerprint density at radius 1 is 0.762 bits per heavy atom. The number of allylic oxidation sites excluding steroid dienone is 1. The molecule has 0 bridgehead atoms. The summed E-state index contributed by atoms with van der Waals surface area (Å²) in [5.41, 5.74) is 6.33. The van der Waals surface area contributed by atoms with Crippen LogP contribution in [-0.4, -0.2) is 6.91 Å². The second kappa shape index (κ2) is 6.36. The van der Waals surface area contributed by atoms with Gasteiger partial charge in [0.15, 0.2) is 0 Å². The molecule has 3 aromatic rings. The number of rotatable bonds is 3. The van der Waals surface area contributed by atoms with Crippen LogP contribution >= 0.6 is 0 Å². The van der Waals surface area contributed by atoms with Crippen LogP contribution in [0, 0.1) is 0 Å². The average Bonchev–Trinajstić information content (AvgIpc) is 2.56. The van der Waals surface area contributed by atoms with Gasteiger partial charge in [-0.25, -0.2) is 0 Å². The van der Waals surface area contributed by atoms with Crippen LogP contribution in [0.15, 0.2) is 78.8 Å². The summed E-state index contributed by atoms with van der Waals surface area (Å²) < 4.78 is 0. The first-order valence-corrected chi connectivity index (χ1v) is 7.26. The predicted molar refractivity (Wildman–Crippen MR) is 93.4 cm³/mol. The van der Waals surface area contributed by atoms with Crippen molar-refractivity contribution in [2.24, 2.45) is 0 Å². The zero-order valence-corrected chi connectivity index (χ0v) is 12.2. The van der Waals surface area contributed by atoms with Gasteiger partial charge in [-0.1, -0.05) is 0 Å². The molecular formula is C20H17B. The van der Waals surface area contributed by atoms with Crippen LogP contribution in [0.1, 0.15) is 12.4 Å². The second-order valence-corrected chi connectivity index (χ2v) is 5.00. The predicted octanol–water partition coefficient (Wildman–Crippen LogP) is 5.39. The second-order valence-electron chi connectivity index (χ2n) is 5.00. The first-order chi connectivity index (χ1) is 10.4. The van der Waals surface area contributed by atoms with E-state index in [9.17, 15) is 0 Å². The summed E-state index contributed by atoms with van der Waals surface area (Å²) in [5, 5.41) is 0. The van der Waals surface area contributed by atoms with E-state index >= 15 is 0 Å². The summed E-state index contributed by atoms with van der Waals surface area (Å²) in [4.78, 5) is 0. The molecule has 0 aliphatic rings. The Hall–Kier alpha value is -2.41. The van der Waals surface area contributed by atoms with Gasteiger partial charge in [0.25, 0.3) is 0 Å². The normalized spacial score (nSPS) is 10.7. The molecule has 21 heavy (non-hydrogen) atoms. The fourth-order valence-electron chi connectivity index (χ4n) is 2.67. The molecule has 0 N–H and O–H groups in total. The van der Waals surface area contributed by atoms with Gasteiger partial charge in [0.2, 0.25) is 0 Å². The van der Waals surface area contributed by atoms with Gasteiger partial charge >= 0.3 is 126 Å². The molecule has 0 saturated carbocycles. The summed E-state index contributed by atoms with van der Waals surface area (Å²) in [7, 11) is 0. The van der Waals surface area contributed by atoms with Gasteiger partial charge < -0.3 is 0 Å². The topological polar surface area (TPSA) is 0 Å². The molecular weight excluding hydrogens is 251 g/mol. The molecule has 1 aromatic heterocycles. The van der Waals surface area contributed by atoms with Crippen molar-refractivity contribution in [3.05, 3.63) is 84.2 Å². The third kappa shape index (κ3) is 2.87. The number of benzene rings is 2. The van der Waals surface area contributed by atoms with Crippen molar-refractivity contribution in [3.63, 3.8) is 0 Å². The molecule has 2 aromatic carbocycles. The van der Waals surface area contributed by atoms with Crippen LogP contribution in [0.25, 0.3) is 28.3 Å². The summed E-state index contributed by atoms with van der Waals surface area (Å²) in [5.74, 6) is 2.13. The van der Waals surface area contributed by atoms with E-state index in [0.29, 0.717) is 0 Å². The van der Waals surface area contributed by atoms with Crippen molar-refractivity contribution in [3.8, 4) is 22.3 Å². The van der Waals surface area contributed by atoms with Crippen LogP contribution in [0.2, 0.25) is 0 Å². The Labute approximate surface area is 127 Å². The van der Waals surface area contributed by atoms with Crippen molar-refractivity contribution in [2.75, 3.05) is 0 Å². The van der Waals surface area contributed by atoms with Crippen molar-refractivity contribution in [1.82, 2.24) is 0 Å². The van der Waals surface area contributed by atoms with Crippen molar-refractivity contribution in [1.29, 1.82) is 0 Å². The third-order valence-corrected chi connectivity index (χ3v) is 3.59. The molecule has 100 valence electrons. The van der Waals surface area contributed by atoms with E-state index in [1.54, 1.807) is 0 Å². The Kier molecular flexibility index (Phi) is 4.11. The molecule has 0 spiro atoms. The van der Waals surface area contributed by atoms with Crippen LogP contribution in [0.5, 0.6) is 0 Å². The first kappa shape index (κ1) is 13.6. The van der Waals surface area contributed by atoms with E-state index in [0.717, 1.165) is 0 Å². The quantitative estimate of drug-likeness (QED) is 0.597. The minimum absolute atomic E-state index is 1.25. The van der Waals surface area contributed by atoms with Gasteiger partial charge in [0.1, 0.15) is 0 Å². The van der Waals surface area contributed by atoms with E-state index in [1.807, 2.05) is 0 Å². The zero-order valence-electron chi connectivity index (χ0n) is 12.2. The molecule has 0 saturated heterocycles. The van der Waals surface area contributed by atoms with E-state index in [2.05, 4.69) is 98.7 Å². The molecule has 0 aliphatic heterocycles. The molecule has 0 unspecified atom stereocenters. The molecule has 3 rings (SSSR count). The SMILES string of the molecule is CC=Cc1bccc(-c2ccccc2)c1-c1ccccc1. The fourth-order valence-corrected chi connectivity index (χ4v) is 2.67. The molecule has 0 atom stereocenters. The van der Waals surface area contributed by atoms with Gasteiger partial charge in [-0.15, -0.1) is 0 Å². The number of hydrogen-bond acceptors (Lipinski definition) is 0. The van der Waals surface area contributed by atoms with Gasteiger partial charge in [0.05, 0.1) is 0 Å². The molecule has 1 heteroatoms. The van der Waals surface area contributed by atoms with E-state index in [4.69, 9.17) is 0 Å². The Morgan fingerprint density at radius 3 is 2.00 bits per heavy atom. The average molecular weight is 268 g/mol. The van der Waals surface area contributed by atoms with Gasteiger partial charge in [-0.3, -0.25) is 0 Å². The van der Waals surface area contributed by atoms with Gasteiger partial charge in [0, 0.05) is 0 Å². The molecule has 0 fully saturated rings. The molecule has 0 nitrogen and oxygen atoms in total. The standard InChI is InChI=1S/C20H17B/c1-2-9-19-20(17-12-7-4-8-13-17)18(14-15-21-19)16-10-5-3-6-11-16/h2-15H,1H3. The molecule has 1 heterocycles. The molecule has 0 aliphatic carbocycles. The summed E-state index contributed by atoms with van der Waals surface area (Å²) in [6.07, 6.45) is 4.27. The summed E-state index contributed by atoms with van der Waals surface area (Å²) >= 11 is 0. The zero-order chi connectivity index (χ0) is 14.5. The maximum absolute atomic E-state index is 2.20. The van der Waals surface area contributed by atoms with Gasteiger partial charge in [-0.2, -0.15) is 0 Å².